The maximum absolute atomic E-state index is 12.6. The topological polar surface area (TPSA) is 75.5 Å². The van der Waals surface area contributed by atoms with Crippen LogP contribution in [0.4, 0.5) is 24.5 Å². The van der Waals surface area contributed by atoms with E-state index in [1.807, 2.05) is 4.90 Å². The van der Waals surface area contributed by atoms with Crippen LogP contribution in [0.25, 0.3) is 0 Å². The fraction of sp³-hybridized carbons (Fsp3) is 0.316. The van der Waals surface area contributed by atoms with Gasteiger partial charge in [-0.25, -0.2) is 0 Å². The number of nitro groups is 1. The molecule has 0 bridgehead atoms. The average Bonchev–Trinajstić information content (AvgIpc) is 3.19. The molecule has 0 spiro atoms. The van der Waals surface area contributed by atoms with E-state index in [0.29, 0.717) is 11.3 Å². The number of amides is 1. The number of hydrogen-bond donors (Lipinski definition) is 1. The minimum Gasteiger partial charge on any atom is -0.366 e. The SMILES string of the molecule is O=C(NCc1ccc(C(F)(F)F)cc1)c1ccc(N2CCCC2)c([N+](=O)[O-])c1. The van der Waals surface area contributed by atoms with Crippen LogP contribution in [0.15, 0.2) is 42.5 Å². The molecule has 0 unspecified atom stereocenters. The quantitative estimate of drug-likeness (QED) is 0.612. The molecule has 1 saturated heterocycles. The lowest BCUT2D eigenvalue weighted by Gasteiger charge is -2.17. The van der Waals surface area contributed by atoms with Gasteiger partial charge in [0.1, 0.15) is 5.69 Å². The average molecular weight is 393 g/mol. The van der Waals surface area contributed by atoms with Gasteiger partial charge in [0.05, 0.1) is 10.5 Å². The van der Waals surface area contributed by atoms with E-state index in [4.69, 9.17) is 0 Å². The van der Waals surface area contributed by atoms with Crippen molar-refractivity contribution in [3.05, 3.63) is 69.3 Å². The lowest BCUT2D eigenvalue weighted by atomic mass is 10.1. The number of nitrogens with zero attached hydrogens (tertiary/aromatic N) is 2. The van der Waals surface area contributed by atoms with Crippen LogP contribution in [0.2, 0.25) is 0 Å². The Bertz CT molecular complexity index is 876. The van der Waals surface area contributed by atoms with Gasteiger partial charge in [0.2, 0.25) is 0 Å². The van der Waals surface area contributed by atoms with Gasteiger partial charge in [-0.15, -0.1) is 0 Å². The molecule has 9 heteroatoms. The highest BCUT2D eigenvalue weighted by Gasteiger charge is 2.30. The number of hydrogen-bond acceptors (Lipinski definition) is 4. The molecule has 0 aromatic heterocycles. The summed E-state index contributed by atoms with van der Waals surface area (Å²) in [6.45, 7) is 1.49. The molecule has 1 fully saturated rings. The van der Waals surface area contributed by atoms with Crippen molar-refractivity contribution in [2.75, 3.05) is 18.0 Å². The summed E-state index contributed by atoms with van der Waals surface area (Å²) in [5, 5.41) is 14.0. The number of halogens is 3. The summed E-state index contributed by atoms with van der Waals surface area (Å²) in [6.07, 6.45) is -2.49. The van der Waals surface area contributed by atoms with Gasteiger partial charge < -0.3 is 10.2 Å². The Labute approximate surface area is 159 Å². The normalized spacial score (nSPS) is 14.2. The second kappa shape index (κ2) is 7.87. The molecule has 0 aliphatic carbocycles. The predicted molar refractivity (Wildman–Crippen MR) is 97.2 cm³/mol. The van der Waals surface area contributed by atoms with Crippen LogP contribution in [-0.4, -0.2) is 23.9 Å². The van der Waals surface area contributed by atoms with Crippen LogP contribution in [0.3, 0.4) is 0 Å². The minimum atomic E-state index is -4.42. The summed E-state index contributed by atoms with van der Waals surface area (Å²) in [5.74, 6) is -0.532. The van der Waals surface area contributed by atoms with Crippen LogP contribution in [-0.2, 0) is 12.7 Å². The van der Waals surface area contributed by atoms with E-state index in [0.717, 1.165) is 38.1 Å². The van der Waals surface area contributed by atoms with Crippen molar-refractivity contribution in [3.8, 4) is 0 Å². The number of benzene rings is 2. The van der Waals surface area contributed by atoms with Crippen LogP contribution in [0, 0.1) is 10.1 Å². The Morgan fingerprint density at radius 1 is 1.11 bits per heavy atom. The summed E-state index contributed by atoms with van der Waals surface area (Å²) in [7, 11) is 0. The Hall–Kier alpha value is -3.10. The van der Waals surface area contributed by atoms with Crippen molar-refractivity contribution in [2.24, 2.45) is 0 Å². The smallest absolute Gasteiger partial charge is 0.366 e. The predicted octanol–water partition coefficient (Wildman–Crippen LogP) is 4.14. The van der Waals surface area contributed by atoms with Crippen LogP contribution in [0.1, 0.15) is 34.3 Å². The van der Waals surface area contributed by atoms with E-state index >= 15 is 0 Å². The van der Waals surface area contributed by atoms with E-state index in [1.165, 1.54) is 24.3 Å². The second-order valence-electron chi connectivity index (χ2n) is 6.53. The molecule has 0 radical (unpaired) electrons. The zero-order chi connectivity index (χ0) is 20.3. The number of nitro benzene ring substituents is 1. The molecule has 1 N–H and O–H groups in total. The first-order valence-electron chi connectivity index (χ1n) is 8.73. The van der Waals surface area contributed by atoms with Gasteiger partial charge in [0.25, 0.3) is 11.6 Å². The van der Waals surface area contributed by atoms with Gasteiger partial charge in [-0.3, -0.25) is 14.9 Å². The zero-order valence-corrected chi connectivity index (χ0v) is 14.8. The molecule has 2 aromatic carbocycles. The van der Waals surface area contributed by atoms with E-state index in [-0.39, 0.29) is 17.8 Å². The maximum atomic E-state index is 12.6. The summed E-state index contributed by atoms with van der Waals surface area (Å²) in [5.41, 5.74) is 0.202. The number of anilines is 1. The maximum Gasteiger partial charge on any atom is 0.416 e. The molecule has 1 aliphatic heterocycles. The molecule has 1 amide bonds. The van der Waals surface area contributed by atoms with E-state index < -0.39 is 22.6 Å². The molecule has 6 nitrogen and oxygen atoms in total. The van der Waals surface area contributed by atoms with Crippen molar-refractivity contribution in [2.45, 2.75) is 25.6 Å². The molecule has 148 valence electrons. The lowest BCUT2D eigenvalue weighted by molar-refractivity contribution is -0.384. The Morgan fingerprint density at radius 3 is 2.32 bits per heavy atom. The van der Waals surface area contributed by atoms with Crippen LogP contribution in [0.5, 0.6) is 0 Å². The molecule has 0 saturated carbocycles. The number of alkyl halides is 3. The molecule has 1 aliphatic rings. The molecule has 28 heavy (non-hydrogen) atoms. The fourth-order valence-electron chi connectivity index (χ4n) is 3.13. The standard InChI is InChI=1S/C19H18F3N3O3/c20-19(21,22)15-6-3-13(4-7-15)12-23-18(26)14-5-8-16(17(11-14)25(27)28)24-9-1-2-10-24/h3-8,11H,1-2,9-10,12H2,(H,23,26). The third-order valence-electron chi connectivity index (χ3n) is 4.62. The first kappa shape index (κ1) is 19.7. The molecule has 0 atom stereocenters. The van der Waals surface area contributed by atoms with Crippen molar-refractivity contribution < 1.29 is 22.9 Å². The van der Waals surface area contributed by atoms with E-state index in [1.54, 1.807) is 6.07 Å². The third-order valence-corrected chi connectivity index (χ3v) is 4.62. The fourth-order valence-corrected chi connectivity index (χ4v) is 3.13. The monoisotopic (exact) mass is 393 g/mol. The molecule has 2 aromatic rings. The minimum absolute atomic E-state index is 0.0125. The summed E-state index contributed by atoms with van der Waals surface area (Å²) >= 11 is 0. The number of carbonyl (C=O) groups excluding carboxylic acids is 1. The Balaban J connectivity index is 1.70. The van der Waals surface area contributed by atoms with Gasteiger partial charge in [-0.05, 0) is 42.7 Å². The Morgan fingerprint density at radius 2 is 1.75 bits per heavy atom. The zero-order valence-electron chi connectivity index (χ0n) is 14.8. The van der Waals surface area contributed by atoms with Crippen molar-refractivity contribution in [1.82, 2.24) is 5.32 Å². The highest BCUT2D eigenvalue weighted by molar-refractivity contribution is 5.95. The van der Waals surface area contributed by atoms with Crippen LogP contribution >= 0.6 is 0 Å². The highest BCUT2D eigenvalue weighted by atomic mass is 19.4. The summed E-state index contributed by atoms with van der Waals surface area (Å²) in [6, 6.07) is 8.76. The molecular formula is C19H18F3N3O3. The largest absolute Gasteiger partial charge is 0.416 e. The van der Waals surface area contributed by atoms with Crippen molar-refractivity contribution >= 4 is 17.3 Å². The van der Waals surface area contributed by atoms with Crippen molar-refractivity contribution in [3.63, 3.8) is 0 Å². The third kappa shape index (κ3) is 4.41. The number of carbonyl (C=O) groups is 1. The van der Waals surface area contributed by atoms with Gasteiger partial charge in [-0.2, -0.15) is 13.2 Å². The number of rotatable bonds is 5. The van der Waals surface area contributed by atoms with Gasteiger partial charge >= 0.3 is 6.18 Å². The van der Waals surface area contributed by atoms with E-state index in [9.17, 15) is 28.1 Å². The van der Waals surface area contributed by atoms with E-state index in [2.05, 4.69) is 5.32 Å². The lowest BCUT2D eigenvalue weighted by Crippen LogP contribution is -2.24. The first-order chi connectivity index (χ1) is 13.3. The highest BCUT2D eigenvalue weighted by Crippen LogP contribution is 2.32. The summed E-state index contributed by atoms with van der Waals surface area (Å²) < 4.78 is 37.7. The number of nitrogens with one attached hydrogen (secondary N) is 1. The van der Waals surface area contributed by atoms with Crippen molar-refractivity contribution in [1.29, 1.82) is 0 Å². The van der Waals surface area contributed by atoms with Gasteiger partial charge in [-0.1, -0.05) is 12.1 Å². The molecule has 3 rings (SSSR count). The molecular weight excluding hydrogens is 375 g/mol. The van der Waals surface area contributed by atoms with Gasteiger partial charge in [0, 0.05) is 31.3 Å². The molecule has 1 heterocycles. The first-order valence-corrected chi connectivity index (χ1v) is 8.73. The van der Waals surface area contributed by atoms with Crippen LogP contribution < -0.4 is 10.2 Å². The Kier molecular flexibility index (Phi) is 5.53. The second-order valence-corrected chi connectivity index (χ2v) is 6.53. The summed E-state index contributed by atoms with van der Waals surface area (Å²) in [4.78, 5) is 25.1. The van der Waals surface area contributed by atoms with Gasteiger partial charge in [0.15, 0.2) is 0 Å².